The van der Waals surface area contributed by atoms with E-state index in [1.807, 2.05) is 61.3 Å². The van der Waals surface area contributed by atoms with Gasteiger partial charge in [-0.1, -0.05) is 48.5 Å². The largest absolute Gasteiger partial charge is 0.328 e. The van der Waals surface area contributed by atoms with Crippen LogP contribution in [-0.2, 0) is 0 Å². The SMILES string of the molecule is CCN(CC)C(=O)n1ccc2cccc(-c3ccccc3)c21. The molecule has 0 bridgehead atoms. The van der Waals surface area contributed by atoms with Crippen LogP contribution < -0.4 is 0 Å². The number of carbonyl (C=O) groups excluding carboxylic acids is 1. The molecule has 1 aromatic heterocycles. The molecule has 0 unspecified atom stereocenters. The summed E-state index contributed by atoms with van der Waals surface area (Å²) in [6.45, 7) is 5.43. The van der Waals surface area contributed by atoms with Crippen molar-refractivity contribution in [3.05, 3.63) is 60.8 Å². The first-order valence-corrected chi connectivity index (χ1v) is 7.71. The summed E-state index contributed by atoms with van der Waals surface area (Å²) in [4.78, 5) is 14.6. The summed E-state index contributed by atoms with van der Waals surface area (Å²) in [5.41, 5.74) is 3.19. The molecule has 1 amide bonds. The lowest BCUT2D eigenvalue weighted by Crippen LogP contribution is -2.33. The summed E-state index contributed by atoms with van der Waals surface area (Å²) in [7, 11) is 0. The summed E-state index contributed by atoms with van der Waals surface area (Å²) >= 11 is 0. The highest BCUT2D eigenvalue weighted by Crippen LogP contribution is 2.29. The Morgan fingerprint density at radius 2 is 1.68 bits per heavy atom. The number of benzene rings is 2. The van der Waals surface area contributed by atoms with E-state index in [2.05, 4.69) is 18.2 Å². The highest BCUT2D eigenvalue weighted by Gasteiger charge is 2.16. The van der Waals surface area contributed by atoms with Crippen molar-refractivity contribution in [1.29, 1.82) is 0 Å². The lowest BCUT2D eigenvalue weighted by Gasteiger charge is -2.20. The molecule has 0 fully saturated rings. The van der Waals surface area contributed by atoms with Crippen LogP contribution in [0, 0.1) is 0 Å². The molecule has 22 heavy (non-hydrogen) atoms. The standard InChI is InChI=1S/C19H20N2O/c1-3-20(4-2)19(22)21-14-13-16-11-8-12-17(18(16)21)15-9-6-5-7-10-15/h5-14H,3-4H2,1-2H3. The molecule has 0 aliphatic heterocycles. The Hall–Kier alpha value is -2.55. The van der Waals surface area contributed by atoms with Gasteiger partial charge in [0, 0.05) is 30.2 Å². The van der Waals surface area contributed by atoms with Crippen LogP contribution >= 0.6 is 0 Å². The number of carbonyl (C=O) groups is 1. The Morgan fingerprint density at radius 1 is 0.955 bits per heavy atom. The van der Waals surface area contributed by atoms with E-state index in [9.17, 15) is 4.79 Å². The summed E-state index contributed by atoms with van der Waals surface area (Å²) < 4.78 is 1.77. The second-order valence-corrected chi connectivity index (χ2v) is 5.25. The molecule has 3 aromatic rings. The van der Waals surface area contributed by atoms with Crippen LogP contribution in [0.1, 0.15) is 13.8 Å². The number of aromatic nitrogens is 1. The number of nitrogens with zero attached hydrogens (tertiary/aromatic N) is 2. The van der Waals surface area contributed by atoms with Crippen LogP contribution in [0.15, 0.2) is 60.8 Å². The second kappa shape index (κ2) is 6.06. The van der Waals surface area contributed by atoms with Crippen molar-refractivity contribution in [3.63, 3.8) is 0 Å². The first-order valence-electron chi connectivity index (χ1n) is 7.71. The fourth-order valence-corrected chi connectivity index (χ4v) is 2.85. The molecule has 2 aromatic carbocycles. The van der Waals surface area contributed by atoms with Gasteiger partial charge in [0.15, 0.2) is 0 Å². The molecule has 0 aliphatic rings. The van der Waals surface area contributed by atoms with Gasteiger partial charge >= 0.3 is 6.03 Å². The fraction of sp³-hybridized carbons (Fsp3) is 0.211. The van der Waals surface area contributed by atoms with Crippen LogP contribution in [0.25, 0.3) is 22.0 Å². The zero-order valence-electron chi connectivity index (χ0n) is 13.0. The van der Waals surface area contributed by atoms with E-state index in [1.54, 1.807) is 4.57 Å². The van der Waals surface area contributed by atoms with Gasteiger partial charge in [-0.25, -0.2) is 4.79 Å². The average Bonchev–Trinajstić information content (AvgIpc) is 3.00. The van der Waals surface area contributed by atoms with Gasteiger partial charge in [0.2, 0.25) is 0 Å². The lowest BCUT2D eigenvalue weighted by molar-refractivity contribution is 0.206. The van der Waals surface area contributed by atoms with Gasteiger partial charge in [-0.2, -0.15) is 0 Å². The minimum Gasteiger partial charge on any atom is -0.325 e. The van der Waals surface area contributed by atoms with E-state index in [0.717, 1.165) is 22.0 Å². The molecule has 0 saturated carbocycles. The summed E-state index contributed by atoms with van der Waals surface area (Å²) in [6.07, 6.45) is 1.87. The van der Waals surface area contributed by atoms with Crippen molar-refractivity contribution in [2.24, 2.45) is 0 Å². The lowest BCUT2D eigenvalue weighted by atomic mass is 10.0. The van der Waals surface area contributed by atoms with Gasteiger partial charge in [-0.05, 0) is 25.5 Å². The van der Waals surface area contributed by atoms with Crippen LogP contribution in [0.3, 0.4) is 0 Å². The smallest absolute Gasteiger partial charge is 0.325 e. The van der Waals surface area contributed by atoms with Gasteiger partial charge in [-0.15, -0.1) is 0 Å². The topological polar surface area (TPSA) is 25.2 Å². The van der Waals surface area contributed by atoms with Crippen LogP contribution in [0.5, 0.6) is 0 Å². The number of hydrogen-bond acceptors (Lipinski definition) is 1. The second-order valence-electron chi connectivity index (χ2n) is 5.25. The molecule has 0 radical (unpaired) electrons. The highest BCUT2D eigenvalue weighted by molar-refractivity contribution is 6.00. The maximum absolute atomic E-state index is 12.8. The predicted molar refractivity (Wildman–Crippen MR) is 91.1 cm³/mol. The van der Waals surface area contributed by atoms with E-state index in [0.29, 0.717) is 13.1 Å². The normalized spacial score (nSPS) is 10.8. The third-order valence-electron chi connectivity index (χ3n) is 4.04. The van der Waals surface area contributed by atoms with Crippen molar-refractivity contribution in [1.82, 2.24) is 9.47 Å². The third kappa shape index (κ3) is 2.39. The zero-order valence-corrected chi connectivity index (χ0v) is 13.0. The maximum Gasteiger partial charge on any atom is 0.328 e. The number of amides is 1. The molecular formula is C19H20N2O. The Bertz CT molecular complexity index is 786. The molecule has 3 heteroatoms. The highest BCUT2D eigenvalue weighted by atomic mass is 16.2. The van der Waals surface area contributed by atoms with Gasteiger partial charge in [0.25, 0.3) is 0 Å². The van der Waals surface area contributed by atoms with E-state index in [4.69, 9.17) is 0 Å². The predicted octanol–water partition coefficient (Wildman–Crippen LogP) is 4.62. The first-order chi connectivity index (χ1) is 10.8. The van der Waals surface area contributed by atoms with E-state index in [1.165, 1.54) is 0 Å². The average molecular weight is 292 g/mol. The van der Waals surface area contributed by atoms with Crippen LogP contribution in [0.4, 0.5) is 4.79 Å². The molecule has 1 heterocycles. The molecule has 0 atom stereocenters. The summed E-state index contributed by atoms with van der Waals surface area (Å²) in [5.74, 6) is 0. The first kappa shape index (κ1) is 14.4. The molecule has 3 rings (SSSR count). The Kier molecular flexibility index (Phi) is 3.96. The number of hydrogen-bond donors (Lipinski definition) is 0. The quantitative estimate of drug-likeness (QED) is 0.691. The summed E-state index contributed by atoms with van der Waals surface area (Å²) in [6, 6.07) is 18.4. The number of fused-ring (bicyclic) bond motifs is 1. The van der Waals surface area contributed by atoms with Gasteiger partial charge < -0.3 is 4.90 Å². The fourth-order valence-electron chi connectivity index (χ4n) is 2.85. The van der Waals surface area contributed by atoms with E-state index >= 15 is 0 Å². The van der Waals surface area contributed by atoms with E-state index < -0.39 is 0 Å². The molecule has 3 nitrogen and oxygen atoms in total. The van der Waals surface area contributed by atoms with Gasteiger partial charge in [0.1, 0.15) is 0 Å². The number of para-hydroxylation sites is 1. The Labute approximate surface area is 130 Å². The maximum atomic E-state index is 12.8. The minimum absolute atomic E-state index is 0.0309. The Morgan fingerprint density at radius 3 is 2.36 bits per heavy atom. The molecule has 0 saturated heterocycles. The van der Waals surface area contributed by atoms with E-state index in [-0.39, 0.29) is 6.03 Å². The van der Waals surface area contributed by atoms with Crippen molar-refractivity contribution in [2.45, 2.75) is 13.8 Å². The molecular weight excluding hydrogens is 272 g/mol. The number of rotatable bonds is 3. The minimum atomic E-state index is 0.0309. The third-order valence-corrected chi connectivity index (χ3v) is 4.04. The van der Waals surface area contributed by atoms with Crippen molar-refractivity contribution < 1.29 is 4.79 Å². The van der Waals surface area contributed by atoms with Crippen molar-refractivity contribution in [3.8, 4) is 11.1 Å². The monoisotopic (exact) mass is 292 g/mol. The molecule has 0 N–H and O–H groups in total. The molecule has 0 aliphatic carbocycles. The van der Waals surface area contributed by atoms with Crippen molar-refractivity contribution in [2.75, 3.05) is 13.1 Å². The molecule has 0 spiro atoms. The van der Waals surface area contributed by atoms with Crippen molar-refractivity contribution >= 4 is 16.9 Å². The Balaban J connectivity index is 2.19. The van der Waals surface area contributed by atoms with Gasteiger partial charge in [-0.3, -0.25) is 4.57 Å². The summed E-state index contributed by atoms with van der Waals surface area (Å²) in [5, 5.41) is 1.09. The molecule has 112 valence electrons. The van der Waals surface area contributed by atoms with Crippen LogP contribution in [-0.4, -0.2) is 28.6 Å². The van der Waals surface area contributed by atoms with Gasteiger partial charge in [0.05, 0.1) is 5.52 Å². The van der Waals surface area contributed by atoms with Crippen LogP contribution in [0.2, 0.25) is 0 Å². The zero-order chi connectivity index (χ0) is 15.5.